The molecule has 5 heteroatoms. The van der Waals surface area contributed by atoms with E-state index in [0.29, 0.717) is 0 Å². The Morgan fingerprint density at radius 3 is 2.59 bits per heavy atom. The van der Waals surface area contributed by atoms with Gasteiger partial charge in [-0.1, -0.05) is 12.1 Å². The van der Waals surface area contributed by atoms with Gasteiger partial charge in [-0.05, 0) is 12.1 Å². The molecule has 0 aliphatic carbocycles. The van der Waals surface area contributed by atoms with Gasteiger partial charge in [-0.3, -0.25) is 4.79 Å². The van der Waals surface area contributed by atoms with Gasteiger partial charge < -0.3 is 4.57 Å². The summed E-state index contributed by atoms with van der Waals surface area (Å²) in [6.07, 6.45) is 0.951. The number of halogens is 3. The summed E-state index contributed by atoms with van der Waals surface area (Å²) in [5, 5.41) is 0. The largest absolute Gasteiger partial charge is 0.308 e. The van der Waals surface area contributed by atoms with Crippen LogP contribution in [0.3, 0.4) is 0 Å². The van der Waals surface area contributed by atoms with Gasteiger partial charge in [0.1, 0.15) is 5.82 Å². The highest BCUT2D eigenvalue weighted by Gasteiger charge is 2.08. The fourth-order valence-corrected chi connectivity index (χ4v) is 1.48. The fourth-order valence-electron chi connectivity index (χ4n) is 1.48. The molecule has 88 valence electrons. The molecule has 0 saturated carbocycles. The van der Waals surface area contributed by atoms with E-state index in [2.05, 4.69) is 0 Å². The molecular formula is C12H8F3NO. The molecule has 0 aliphatic rings. The summed E-state index contributed by atoms with van der Waals surface area (Å²) in [4.78, 5) is 11.4. The maximum absolute atomic E-state index is 13.3. The van der Waals surface area contributed by atoms with Crippen LogP contribution in [0.25, 0.3) is 0 Å². The minimum absolute atomic E-state index is 0.00213. The topological polar surface area (TPSA) is 22.0 Å². The minimum Gasteiger partial charge on any atom is -0.308 e. The van der Waals surface area contributed by atoms with E-state index in [1.807, 2.05) is 0 Å². The van der Waals surface area contributed by atoms with Gasteiger partial charge in [-0.15, -0.1) is 0 Å². The molecule has 0 fully saturated rings. The molecule has 2 rings (SSSR count). The van der Waals surface area contributed by atoms with E-state index in [4.69, 9.17) is 0 Å². The molecule has 0 amide bonds. The predicted octanol–water partition coefficient (Wildman–Crippen LogP) is 2.31. The zero-order valence-electron chi connectivity index (χ0n) is 8.66. The van der Waals surface area contributed by atoms with Crippen LogP contribution in [-0.2, 0) is 6.54 Å². The van der Waals surface area contributed by atoms with E-state index in [9.17, 15) is 18.0 Å². The first-order chi connectivity index (χ1) is 8.08. The van der Waals surface area contributed by atoms with Crippen LogP contribution in [0.5, 0.6) is 0 Å². The second kappa shape index (κ2) is 4.45. The van der Waals surface area contributed by atoms with Crippen LogP contribution in [0.4, 0.5) is 13.2 Å². The highest BCUT2D eigenvalue weighted by atomic mass is 19.2. The van der Waals surface area contributed by atoms with Crippen molar-refractivity contribution in [3.8, 4) is 0 Å². The summed E-state index contributed by atoms with van der Waals surface area (Å²) < 4.78 is 40.1. The summed E-state index contributed by atoms with van der Waals surface area (Å²) in [6.45, 7) is -0.208. The zero-order valence-corrected chi connectivity index (χ0v) is 8.66. The van der Waals surface area contributed by atoms with E-state index < -0.39 is 23.0 Å². The molecule has 2 nitrogen and oxygen atoms in total. The van der Waals surface area contributed by atoms with E-state index in [-0.39, 0.29) is 12.1 Å². The quantitative estimate of drug-likeness (QED) is 0.788. The lowest BCUT2D eigenvalue weighted by atomic mass is 10.2. The summed E-state index contributed by atoms with van der Waals surface area (Å²) in [6, 6.07) is 5.70. The van der Waals surface area contributed by atoms with Crippen molar-refractivity contribution in [2.45, 2.75) is 6.54 Å². The molecule has 0 spiro atoms. The lowest BCUT2D eigenvalue weighted by molar-refractivity contribution is 0.493. The van der Waals surface area contributed by atoms with Gasteiger partial charge in [0.05, 0.1) is 6.54 Å². The van der Waals surface area contributed by atoms with Crippen LogP contribution in [0, 0.1) is 17.5 Å². The molecule has 0 saturated heterocycles. The van der Waals surface area contributed by atoms with Crippen LogP contribution in [0.1, 0.15) is 5.56 Å². The van der Waals surface area contributed by atoms with Crippen molar-refractivity contribution in [2.75, 3.05) is 0 Å². The summed E-state index contributed by atoms with van der Waals surface area (Å²) in [7, 11) is 0. The van der Waals surface area contributed by atoms with Crippen molar-refractivity contribution in [3.05, 3.63) is 69.9 Å². The number of nitrogens with zero attached hydrogens (tertiary/aromatic N) is 1. The second-order valence-corrected chi connectivity index (χ2v) is 3.53. The number of aromatic nitrogens is 1. The monoisotopic (exact) mass is 239 g/mol. The smallest absolute Gasteiger partial charge is 0.251 e. The molecular weight excluding hydrogens is 231 g/mol. The Hall–Kier alpha value is -2.04. The number of hydrogen-bond donors (Lipinski definition) is 0. The van der Waals surface area contributed by atoms with Gasteiger partial charge in [-0.25, -0.2) is 13.2 Å². The van der Waals surface area contributed by atoms with Gasteiger partial charge in [0.25, 0.3) is 5.56 Å². The average molecular weight is 239 g/mol. The number of benzene rings is 1. The summed E-state index contributed by atoms with van der Waals surface area (Å²) in [5.74, 6) is -2.63. The maximum Gasteiger partial charge on any atom is 0.251 e. The minimum atomic E-state index is -1.02. The third-order valence-electron chi connectivity index (χ3n) is 2.32. The van der Waals surface area contributed by atoms with Crippen molar-refractivity contribution >= 4 is 0 Å². The Morgan fingerprint density at radius 1 is 1.06 bits per heavy atom. The van der Waals surface area contributed by atoms with Crippen LogP contribution < -0.4 is 5.56 Å². The molecule has 0 atom stereocenters. The van der Waals surface area contributed by atoms with Crippen molar-refractivity contribution in [1.29, 1.82) is 0 Å². The number of rotatable bonds is 2. The summed E-state index contributed by atoms with van der Waals surface area (Å²) >= 11 is 0. The zero-order chi connectivity index (χ0) is 12.4. The Bertz CT molecular complexity index is 607. The number of pyridine rings is 1. The van der Waals surface area contributed by atoms with E-state index in [1.165, 1.54) is 12.1 Å². The predicted molar refractivity (Wildman–Crippen MR) is 56.1 cm³/mol. The van der Waals surface area contributed by atoms with Crippen molar-refractivity contribution < 1.29 is 13.2 Å². The molecule has 0 radical (unpaired) electrons. The lowest BCUT2D eigenvalue weighted by Gasteiger charge is -2.06. The summed E-state index contributed by atoms with van der Waals surface area (Å²) in [5.41, 5.74) is -0.479. The standard InChI is InChI=1S/C12H8F3NO/c13-9-4-5-11(17)16(7-9)6-8-2-1-3-10(14)12(8)15/h1-5,7H,6H2. The molecule has 1 aromatic heterocycles. The van der Waals surface area contributed by atoms with Crippen LogP contribution in [0.2, 0.25) is 0 Å². The van der Waals surface area contributed by atoms with E-state index in [1.54, 1.807) is 0 Å². The highest BCUT2D eigenvalue weighted by Crippen LogP contribution is 2.12. The van der Waals surface area contributed by atoms with Crippen LogP contribution >= 0.6 is 0 Å². The molecule has 0 N–H and O–H groups in total. The Kier molecular flexibility index (Phi) is 2.99. The van der Waals surface area contributed by atoms with Crippen molar-refractivity contribution in [1.82, 2.24) is 4.57 Å². The first-order valence-corrected chi connectivity index (χ1v) is 4.87. The van der Waals surface area contributed by atoms with Crippen LogP contribution in [0.15, 0.2) is 41.3 Å². The van der Waals surface area contributed by atoms with E-state index in [0.717, 1.165) is 29.0 Å². The molecule has 0 aliphatic heterocycles. The van der Waals surface area contributed by atoms with Gasteiger partial charge in [-0.2, -0.15) is 0 Å². The normalized spacial score (nSPS) is 10.5. The molecule has 2 aromatic rings. The number of hydrogen-bond acceptors (Lipinski definition) is 1. The molecule has 0 unspecified atom stereocenters. The van der Waals surface area contributed by atoms with Gasteiger partial charge in [0, 0.05) is 17.8 Å². The second-order valence-electron chi connectivity index (χ2n) is 3.53. The third-order valence-corrected chi connectivity index (χ3v) is 2.32. The SMILES string of the molecule is O=c1ccc(F)cn1Cc1cccc(F)c1F. The van der Waals surface area contributed by atoms with Crippen molar-refractivity contribution in [3.63, 3.8) is 0 Å². The fraction of sp³-hybridized carbons (Fsp3) is 0.0833. The van der Waals surface area contributed by atoms with E-state index >= 15 is 0 Å². The Balaban J connectivity index is 2.41. The first kappa shape index (κ1) is 11.4. The van der Waals surface area contributed by atoms with Gasteiger partial charge >= 0.3 is 0 Å². The van der Waals surface area contributed by atoms with Crippen LogP contribution in [-0.4, -0.2) is 4.57 Å². The van der Waals surface area contributed by atoms with Crippen molar-refractivity contribution in [2.24, 2.45) is 0 Å². The maximum atomic E-state index is 13.3. The molecule has 1 aromatic carbocycles. The molecule has 0 bridgehead atoms. The van der Waals surface area contributed by atoms with Gasteiger partial charge in [0.2, 0.25) is 0 Å². The lowest BCUT2D eigenvalue weighted by Crippen LogP contribution is -2.20. The molecule has 17 heavy (non-hydrogen) atoms. The molecule has 1 heterocycles. The third kappa shape index (κ3) is 2.38. The average Bonchev–Trinajstić information content (AvgIpc) is 2.30. The Labute approximate surface area is 94.9 Å². The Morgan fingerprint density at radius 2 is 1.82 bits per heavy atom. The highest BCUT2D eigenvalue weighted by molar-refractivity contribution is 5.19. The first-order valence-electron chi connectivity index (χ1n) is 4.87. The van der Waals surface area contributed by atoms with Gasteiger partial charge in [0.15, 0.2) is 11.6 Å².